The molecule has 0 fully saturated rings. The van der Waals surface area contributed by atoms with Crippen molar-refractivity contribution in [2.75, 3.05) is 26.8 Å². The quantitative estimate of drug-likeness (QED) is 0.461. The van der Waals surface area contributed by atoms with E-state index in [1.54, 1.807) is 36.3 Å². The summed E-state index contributed by atoms with van der Waals surface area (Å²) in [5.74, 6) is -0.328. The molecule has 7 nitrogen and oxygen atoms in total. The molecule has 32 heavy (non-hydrogen) atoms. The Labute approximate surface area is 186 Å². The van der Waals surface area contributed by atoms with E-state index in [0.29, 0.717) is 38.5 Å². The molecule has 1 N–H and O–H groups in total. The van der Waals surface area contributed by atoms with Crippen LogP contribution in [0.1, 0.15) is 45.7 Å². The monoisotopic (exact) mass is 441 g/mol. The lowest BCUT2D eigenvalue weighted by Crippen LogP contribution is -2.32. The zero-order valence-electron chi connectivity index (χ0n) is 18.3. The molecule has 0 radical (unpaired) electrons. The first-order chi connectivity index (χ1) is 15.5. The fourth-order valence-electron chi connectivity index (χ4n) is 3.38. The van der Waals surface area contributed by atoms with Gasteiger partial charge in [-0.3, -0.25) is 9.59 Å². The second-order valence-corrected chi connectivity index (χ2v) is 7.35. The number of rotatable bonds is 11. The van der Waals surface area contributed by atoms with E-state index in [4.69, 9.17) is 9.15 Å². The number of ether oxygens (including phenoxy) is 1. The highest BCUT2D eigenvalue weighted by molar-refractivity contribution is 5.94. The summed E-state index contributed by atoms with van der Waals surface area (Å²) in [6.07, 6.45) is 2.63. The zero-order chi connectivity index (χ0) is 22.9. The molecule has 1 aromatic carbocycles. The Morgan fingerprint density at radius 1 is 1.16 bits per heavy atom. The lowest BCUT2D eigenvalue weighted by molar-refractivity contribution is 0.0734. The Hall–Kier alpha value is -3.39. The Bertz CT molecular complexity index is 1040. The molecule has 3 aromatic rings. The number of amides is 2. The van der Waals surface area contributed by atoms with Crippen LogP contribution in [0.15, 0.2) is 59.1 Å². The molecule has 0 saturated heterocycles. The Balaban J connectivity index is 1.70. The van der Waals surface area contributed by atoms with Crippen LogP contribution in [0.2, 0.25) is 0 Å². The molecular formula is C24H28FN3O4. The molecule has 0 aliphatic rings. The van der Waals surface area contributed by atoms with E-state index < -0.39 is 5.82 Å². The average molecular weight is 442 g/mol. The number of hydrogen-bond donors (Lipinski definition) is 1. The number of methoxy groups -OCH3 is 1. The lowest BCUT2D eigenvalue weighted by atomic mass is 10.1. The first kappa shape index (κ1) is 23.3. The van der Waals surface area contributed by atoms with E-state index in [2.05, 4.69) is 5.32 Å². The van der Waals surface area contributed by atoms with E-state index in [1.165, 1.54) is 12.1 Å². The van der Waals surface area contributed by atoms with Gasteiger partial charge in [0.05, 0.1) is 25.3 Å². The number of nitrogens with one attached hydrogen (secondary N) is 1. The van der Waals surface area contributed by atoms with Gasteiger partial charge in [0, 0.05) is 32.1 Å². The fourth-order valence-corrected chi connectivity index (χ4v) is 3.38. The molecule has 0 saturated carbocycles. The van der Waals surface area contributed by atoms with Crippen LogP contribution >= 0.6 is 0 Å². The maximum absolute atomic E-state index is 14.1. The smallest absolute Gasteiger partial charge is 0.287 e. The molecule has 2 heterocycles. The third kappa shape index (κ3) is 5.85. The van der Waals surface area contributed by atoms with Gasteiger partial charge in [-0.2, -0.15) is 0 Å². The summed E-state index contributed by atoms with van der Waals surface area (Å²) in [6.45, 7) is 4.04. The summed E-state index contributed by atoms with van der Waals surface area (Å²) in [5.41, 5.74) is 0.944. The number of nitrogens with zero attached hydrogens (tertiary/aromatic N) is 2. The second kappa shape index (κ2) is 11.3. The van der Waals surface area contributed by atoms with Crippen molar-refractivity contribution in [3.8, 4) is 0 Å². The summed E-state index contributed by atoms with van der Waals surface area (Å²) < 4.78 is 26.7. The van der Waals surface area contributed by atoms with Crippen LogP contribution in [0.4, 0.5) is 4.39 Å². The molecule has 0 atom stereocenters. The highest BCUT2D eigenvalue weighted by atomic mass is 19.1. The molecule has 0 aliphatic carbocycles. The van der Waals surface area contributed by atoms with Crippen molar-refractivity contribution in [3.05, 3.63) is 83.3 Å². The van der Waals surface area contributed by atoms with Crippen molar-refractivity contribution >= 4 is 11.8 Å². The van der Waals surface area contributed by atoms with Gasteiger partial charge in [0.25, 0.3) is 11.8 Å². The van der Waals surface area contributed by atoms with Gasteiger partial charge in [0.15, 0.2) is 5.76 Å². The van der Waals surface area contributed by atoms with Crippen LogP contribution in [0.3, 0.4) is 0 Å². The number of carbonyl (C=O) groups is 2. The molecule has 8 heteroatoms. The molecule has 3 rings (SSSR count). The predicted octanol–water partition coefficient (Wildman–Crippen LogP) is 3.70. The van der Waals surface area contributed by atoms with Crippen LogP contribution in [0, 0.1) is 5.82 Å². The molecule has 0 aliphatic heterocycles. The first-order valence-electron chi connectivity index (χ1n) is 10.6. The van der Waals surface area contributed by atoms with Crippen LogP contribution < -0.4 is 5.32 Å². The van der Waals surface area contributed by atoms with Gasteiger partial charge in [-0.05, 0) is 42.8 Å². The largest absolute Gasteiger partial charge is 0.454 e. The topological polar surface area (TPSA) is 76.7 Å². The fraction of sp³-hybridized carbons (Fsp3) is 0.333. The Morgan fingerprint density at radius 2 is 1.97 bits per heavy atom. The normalized spacial score (nSPS) is 10.8. The summed E-state index contributed by atoms with van der Waals surface area (Å²) in [5, 5.41) is 2.72. The average Bonchev–Trinajstić information content (AvgIpc) is 3.43. The Kier molecular flexibility index (Phi) is 8.21. The number of hydrogen-bond acceptors (Lipinski definition) is 4. The van der Waals surface area contributed by atoms with Gasteiger partial charge in [0.1, 0.15) is 11.6 Å². The van der Waals surface area contributed by atoms with Crippen molar-refractivity contribution < 1.29 is 23.1 Å². The van der Waals surface area contributed by atoms with Gasteiger partial charge < -0.3 is 23.9 Å². The summed E-state index contributed by atoms with van der Waals surface area (Å²) >= 11 is 0. The molecular weight excluding hydrogens is 413 g/mol. The highest BCUT2D eigenvalue weighted by Crippen LogP contribution is 2.16. The minimum absolute atomic E-state index is 0.0641. The maximum atomic E-state index is 14.1. The predicted molar refractivity (Wildman–Crippen MR) is 118 cm³/mol. The number of halogens is 1. The van der Waals surface area contributed by atoms with Gasteiger partial charge >= 0.3 is 0 Å². The number of aromatic nitrogens is 1. The van der Waals surface area contributed by atoms with E-state index in [-0.39, 0.29) is 23.1 Å². The zero-order valence-corrected chi connectivity index (χ0v) is 18.3. The van der Waals surface area contributed by atoms with Crippen LogP contribution in [0.5, 0.6) is 0 Å². The molecule has 0 spiro atoms. The SMILES string of the molecule is CCCN(Cc1cccn1Cc1ccc(C(=O)NCCOC)o1)C(=O)c1ccccc1F. The Morgan fingerprint density at radius 3 is 2.72 bits per heavy atom. The van der Waals surface area contributed by atoms with E-state index in [9.17, 15) is 14.0 Å². The van der Waals surface area contributed by atoms with Crippen LogP contribution in [-0.2, 0) is 17.8 Å². The molecule has 170 valence electrons. The standard InChI is InChI=1S/C24H28FN3O4/c1-3-13-28(24(30)20-8-4-5-9-21(20)25)16-18-7-6-14-27(18)17-19-10-11-22(32-19)23(29)26-12-15-31-2/h4-11,14H,3,12-13,15-17H2,1-2H3,(H,26,29). The number of furan rings is 1. The summed E-state index contributed by atoms with van der Waals surface area (Å²) in [7, 11) is 1.57. The van der Waals surface area contributed by atoms with Crippen molar-refractivity contribution in [2.24, 2.45) is 0 Å². The van der Waals surface area contributed by atoms with Crippen LogP contribution in [-0.4, -0.2) is 48.1 Å². The van der Waals surface area contributed by atoms with E-state index in [1.807, 2.05) is 29.8 Å². The second-order valence-electron chi connectivity index (χ2n) is 7.35. The van der Waals surface area contributed by atoms with Crippen molar-refractivity contribution in [1.82, 2.24) is 14.8 Å². The van der Waals surface area contributed by atoms with Crippen LogP contribution in [0.25, 0.3) is 0 Å². The molecule has 2 aromatic heterocycles. The van der Waals surface area contributed by atoms with E-state index >= 15 is 0 Å². The molecule has 2 amide bonds. The minimum Gasteiger partial charge on any atom is -0.454 e. The van der Waals surface area contributed by atoms with Crippen molar-refractivity contribution in [2.45, 2.75) is 26.4 Å². The first-order valence-corrected chi connectivity index (χ1v) is 10.6. The van der Waals surface area contributed by atoms with Gasteiger partial charge in [0.2, 0.25) is 0 Å². The van der Waals surface area contributed by atoms with Gasteiger partial charge in [-0.1, -0.05) is 19.1 Å². The van der Waals surface area contributed by atoms with Crippen molar-refractivity contribution in [3.63, 3.8) is 0 Å². The minimum atomic E-state index is -0.527. The number of benzene rings is 1. The molecule has 0 unspecified atom stereocenters. The third-order valence-electron chi connectivity index (χ3n) is 4.96. The van der Waals surface area contributed by atoms with E-state index in [0.717, 1.165) is 12.1 Å². The highest BCUT2D eigenvalue weighted by Gasteiger charge is 2.20. The lowest BCUT2D eigenvalue weighted by Gasteiger charge is -2.23. The maximum Gasteiger partial charge on any atom is 0.287 e. The van der Waals surface area contributed by atoms with Crippen molar-refractivity contribution in [1.29, 1.82) is 0 Å². The van der Waals surface area contributed by atoms with Gasteiger partial charge in [-0.25, -0.2) is 4.39 Å². The summed E-state index contributed by atoms with van der Waals surface area (Å²) in [4.78, 5) is 26.7. The number of carbonyl (C=O) groups excluding carboxylic acids is 2. The third-order valence-corrected chi connectivity index (χ3v) is 4.96. The summed E-state index contributed by atoms with van der Waals surface area (Å²) in [6, 6.07) is 13.2. The molecule has 0 bridgehead atoms. The van der Waals surface area contributed by atoms with Gasteiger partial charge in [-0.15, -0.1) is 0 Å².